The van der Waals surface area contributed by atoms with E-state index in [4.69, 9.17) is 5.73 Å². The Balaban J connectivity index is 3.37. The van der Waals surface area contributed by atoms with E-state index in [1.807, 2.05) is 0 Å². The molecule has 0 saturated heterocycles. The number of hydrogen-bond donors (Lipinski definition) is 1. The van der Waals surface area contributed by atoms with Crippen molar-refractivity contribution in [3.63, 3.8) is 0 Å². The average Bonchev–Trinajstić information content (AvgIpc) is 1.86. The maximum Gasteiger partial charge on any atom is 0.0226 e. The Morgan fingerprint density at radius 1 is 1.36 bits per heavy atom. The van der Waals surface area contributed by atoms with E-state index < -0.39 is 0 Å². The molecule has 1 unspecified atom stereocenters. The molecule has 0 aromatic rings. The van der Waals surface area contributed by atoms with Crippen molar-refractivity contribution < 1.29 is 0 Å². The topological polar surface area (TPSA) is 26.0 Å². The van der Waals surface area contributed by atoms with Crippen LogP contribution in [0.4, 0.5) is 0 Å². The largest absolute Gasteiger partial charge is 0.324 e. The normalized spacial score (nSPS) is 12.7. The Bertz CT molecular complexity index is 112. The van der Waals surface area contributed by atoms with Crippen LogP contribution < -0.4 is 5.73 Å². The molecule has 0 aliphatic heterocycles. The first-order valence-electron chi connectivity index (χ1n) is 4.57. The van der Waals surface area contributed by atoms with Crippen molar-refractivity contribution in [3.05, 3.63) is 11.6 Å². The Morgan fingerprint density at radius 2 is 2.00 bits per heavy atom. The summed E-state index contributed by atoms with van der Waals surface area (Å²) in [6.07, 6.45) is 7.14. The van der Waals surface area contributed by atoms with Gasteiger partial charge in [-0.25, -0.2) is 0 Å². The van der Waals surface area contributed by atoms with Crippen LogP contribution in [0.3, 0.4) is 0 Å². The molecular weight excluding hydrogens is 134 g/mol. The lowest BCUT2D eigenvalue weighted by molar-refractivity contribution is 0.621. The highest BCUT2D eigenvalue weighted by Crippen LogP contribution is 2.04. The van der Waals surface area contributed by atoms with Crippen LogP contribution >= 0.6 is 0 Å². The Hall–Kier alpha value is -0.300. The summed E-state index contributed by atoms with van der Waals surface area (Å²) in [6.45, 7) is 6.41. The van der Waals surface area contributed by atoms with E-state index in [0.29, 0.717) is 0 Å². The zero-order chi connectivity index (χ0) is 8.69. The predicted octanol–water partition coefficient (Wildman–Crippen LogP) is 2.86. The first kappa shape index (κ1) is 10.7. The van der Waals surface area contributed by atoms with Crippen molar-refractivity contribution >= 4 is 0 Å². The second-order valence-corrected chi connectivity index (χ2v) is 3.40. The van der Waals surface area contributed by atoms with Crippen molar-refractivity contribution in [2.24, 2.45) is 5.73 Å². The van der Waals surface area contributed by atoms with Gasteiger partial charge in [-0.3, -0.25) is 0 Å². The molecule has 0 amide bonds. The zero-order valence-electron chi connectivity index (χ0n) is 8.06. The van der Waals surface area contributed by atoms with Crippen LogP contribution in [0.15, 0.2) is 11.6 Å². The Morgan fingerprint density at radius 3 is 2.45 bits per heavy atom. The van der Waals surface area contributed by atoms with E-state index in [1.54, 1.807) is 0 Å². The van der Waals surface area contributed by atoms with Crippen LogP contribution in [-0.4, -0.2) is 6.04 Å². The second-order valence-electron chi connectivity index (χ2n) is 3.40. The Kier molecular flexibility index (Phi) is 6.24. The highest BCUT2D eigenvalue weighted by molar-refractivity contribution is 4.99. The van der Waals surface area contributed by atoms with Gasteiger partial charge in [0.25, 0.3) is 0 Å². The van der Waals surface area contributed by atoms with Gasteiger partial charge in [-0.15, -0.1) is 0 Å². The molecule has 0 bridgehead atoms. The number of unbranched alkanes of at least 4 members (excludes halogenated alkanes) is 2. The van der Waals surface area contributed by atoms with Crippen LogP contribution in [0.1, 0.15) is 46.5 Å². The van der Waals surface area contributed by atoms with Crippen molar-refractivity contribution in [2.45, 2.75) is 52.5 Å². The maximum atomic E-state index is 5.84. The fourth-order valence-corrected chi connectivity index (χ4v) is 1.14. The van der Waals surface area contributed by atoms with Gasteiger partial charge in [0.05, 0.1) is 0 Å². The fourth-order valence-electron chi connectivity index (χ4n) is 1.14. The summed E-state index contributed by atoms with van der Waals surface area (Å²) in [7, 11) is 0. The molecule has 2 N–H and O–H groups in total. The molecule has 1 heteroatoms. The van der Waals surface area contributed by atoms with E-state index in [9.17, 15) is 0 Å². The van der Waals surface area contributed by atoms with Crippen LogP contribution in [-0.2, 0) is 0 Å². The van der Waals surface area contributed by atoms with Crippen molar-refractivity contribution in [2.75, 3.05) is 0 Å². The van der Waals surface area contributed by atoms with Gasteiger partial charge in [0.15, 0.2) is 0 Å². The first-order chi connectivity index (χ1) is 5.16. The highest BCUT2D eigenvalue weighted by atomic mass is 14.6. The number of hydrogen-bond acceptors (Lipinski definition) is 1. The minimum absolute atomic E-state index is 0.284. The lowest BCUT2D eigenvalue weighted by Gasteiger charge is -2.05. The zero-order valence-corrected chi connectivity index (χ0v) is 8.06. The molecule has 0 rings (SSSR count). The molecule has 0 fully saturated rings. The predicted molar refractivity (Wildman–Crippen MR) is 51.5 cm³/mol. The highest BCUT2D eigenvalue weighted by Gasteiger charge is 1.96. The second kappa shape index (κ2) is 6.41. The van der Waals surface area contributed by atoms with E-state index in [-0.39, 0.29) is 6.04 Å². The third-order valence-corrected chi connectivity index (χ3v) is 1.69. The number of allylic oxidation sites excluding steroid dienone is 1. The van der Waals surface area contributed by atoms with E-state index in [1.165, 1.54) is 24.8 Å². The summed E-state index contributed by atoms with van der Waals surface area (Å²) in [5.74, 6) is 0. The van der Waals surface area contributed by atoms with E-state index in [2.05, 4.69) is 26.8 Å². The van der Waals surface area contributed by atoms with Gasteiger partial charge in [0, 0.05) is 6.04 Å². The van der Waals surface area contributed by atoms with Gasteiger partial charge >= 0.3 is 0 Å². The Labute approximate surface area is 70.7 Å². The maximum absolute atomic E-state index is 5.84. The molecule has 0 saturated carbocycles. The lowest BCUT2D eigenvalue weighted by Crippen LogP contribution is -2.16. The summed E-state index contributed by atoms with van der Waals surface area (Å²) in [6, 6.07) is 0.284. The quantitative estimate of drug-likeness (QED) is 0.479. The third-order valence-electron chi connectivity index (χ3n) is 1.69. The SMILES string of the molecule is CCCCCC(N)C=C(C)C. The number of nitrogens with two attached hydrogens (primary N) is 1. The van der Waals surface area contributed by atoms with Gasteiger partial charge < -0.3 is 5.73 Å². The minimum Gasteiger partial charge on any atom is -0.324 e. The molecule has 66 valence electrons. The van der Waals surface area contributed by atoms with Crippen LogP contribution in [0.25, 0.3) is 0 Å². The van der Waals surface area contributed by atoms with Gasteiger partial charge in [0.1, 0.15) is 0 Å². The first-order valence-corrected chi connectivity index (χ1v) is 4.57. The molecular formula is C10H21N. The molecule has 11 heavy (non-hydrogen) atoms. The average molecular weight is 155 g/mol. The van der Waals surface area contributed by atoms with Crippen molar-refractivity contribution in [3.8, 4) is 0 Å². The summed E-state index contributed by atoms with van der Waals surface area (Å²) in [4.78, 5) is 0. The molecule has 0 spiro atoms. The minimum atomic E-state index is 0.284. The van der Waals surface area contributed by atoms with Crippen LogP contribution in [0.2, 0.25) is 0 Å². The molecule has 0 aromatic carbocycles. The van der Waals surface area contributed by atoms with Crippen molar-refractivity contribution in [1.82, 2.24) is 0 Å². The molecule has 0 aromatic heterocycles. The van der Waals surface area contributed by atoms with Gasteiger partial charge in [-0.05, 0) is 20.3 Å². The molecule has 0 heterocycles. The monoisotopic (exact) mass is 155 g/mol. The summed E-state index contributed by atoms with van der Waals surface area (Å²) < 4.78 is 0. The van der Waals surface area contributed by atoms with Gasteiger partial charge in [-0.1, -0.05) is 37.8 Å². The molecule has 0 aliphatic carbocycles. The fraction of sp³-hybridized carbons (Fsp3) is 0.800. The standard InChI is InChI=1S/C10H21N/c1-4-5-6-7-10(11)8-9(2)3/h8,10H,4-7,11H2,1-3H3. The smallest absolute Gasteiger partial charge is 0.0226 e. The van der Waals surface area contributed by atoms with E-state index in [0.717, 1.165) is 6.42 Å². The molecule has 0 radical (unpaired) electrons. The van der Waals surface area contributed by atoms with Gasteiger partial charge in [0.2, 0.25) is 0 Å². The van der Waals surface area contributed by atoms with Crippen LogP contribution in [0.5, 0.6) is 0 Å². The van der Waals surface area contributed by atoms with Crippen molar-refractivity contribution in [1.29, 1.82) is 0 Å². The third kappa shape index (κ3) is 7.60. The lowest BCUT2D eigenvalue weighted by atomic mass is 10.1. The van der Waals surface area contributed by atoms with Crippen LogP contribution in [0, 0.1) is 0 Å². The summed E-state index contributed by atoms with van der Waals surface area (Å²) >= 11 is 0. The summed E-state index contributed by atoms with van der Waals surface area (Å²) in [5, 5.41) is 0. The molecule has 0 aliphatic rings. The molecule has 1 atom stereocenters. The number of rotatable bonds is 5. The van der Waals surface area contributed by atoms with Gasteiger partial charge in [-0.2, -0.15) is 0 Å². The van der Waals surface area contributed by atoms with E-state index >= 15 is 0 Å². The summed E-state index contributed by atoms with van der Waals surface area (Å²) in [5.41, 5.74) is 7.17. The molecule has 1 nitrogen and oxygen atoms in total.